The molecular weight excluding hydrogens is 261 g/mol. The lowest BCUT2D eigenvalue weighted by atomic mass is 9.97. The minimum atomic E-state index is -0.650. The Kier molecular flexibility index (Phi) is 3.92. The molecule has 0 aliphatic carbocycles. The number of nitrogens with zero attached hydrogens (tertiary/aromatic N) is 1. The van der Waals surface area contributed by atoms with Gasteiger partial charge in [0.15, 0.2) is 0 Å². The first-order valence-electron chi connectivity index (χ1n) is 6.59. The molecule has 5 nitrogen and oxygen atoms in total. The Bertz CT molecular complexity index is 547. The molecule has 0 bridgehead atoms. The second-order valence-electron chi connectivity index (χ2n) is 5.09. The fraction of sp³-hybridized carbons (Fsp3) is 0.429. The van der Waals surface area contributed by atoms with Crippen molar-refractivity contribution in [2.75, 3.05) is 5.32 Å². The van der Waals surface area contributed by atoms with Crippen LogP contribution in [0.5, 0.6) is 0 Å². The zero-order valence-corrected chi connectivity index (χ0v) is 11.5. The lowest BCUT2D eigenvalue weighted by Gasteiger charge is -2.30. The molecule has 0 saturated carbocycles. The lowest BCUT2D eigenvalue weighted by molar-refractivity contribution is -0.121. The van der Waals surface area contributed by atoms with Gasteiger partial charge in [-0.3, -0.25) is 4.79 Å². The summed E-state index contributed by atoms with van der Waals surface area (Å²) >= 11 is 0. The first-order chi connectivity index (χ1) is 9.43. The van der Waals surface area contributed by atoms with Crippen LogP contribution in [0.4, 0.5) is 14.9 Å². The van der Waals surface area contributed by atoms with Gasteiger partial charge in [0.25, 0.3) is 0 Å². The number of fused-ring (bicyclic) bond motifs is 1. The fourth-order valence-corrected chi connectivity index (χ4v) is 2.44. The summed E-state index contributed by atoms with van der Waals surface area (Å²) < 4.78 is 13.3. The Morgan fingerprint density at radius 2 is 2.30 bits per heavy atom. The maximum Gasteiger partial charge on any atom is 0.315 e. The van der Waals surface area contributed by atoms with Gasteiger partial charge >= 0.3 is 6.03 Å². The summed E-state index contributed by atoms with van der Waals surface area (Å²) in [7, 11) is 0. The average Bonchev–Trinajstić information content (AvgIpc) is 2.53. The maximum atomic E-state index is 13.3. The molecule has 1 aromatic rings. The molecular formula is C14H18FN3O2. The monoisotopic (exact) mass is 279 g/mol. The van der Waals surface area contributed by atoms with Gasteiger partial charge in [-0.1, -0.05) is 26.3 Å². The second-order valence-corrected chi connectivity index (χ2v) is 5.09. The van der Waals surface area contributed by atoms with Crippen molar-refractivity contribution in [1.82, 2.24) is 4.90 Å². The van der Waals surface area contributed by atoms with E-state index in [2.05, 4.69) is 5.32 Å². The molecule has 2 atom stereocenters. The summed E-state index contributed by atoms with van der Waals surface area (Å²) in [6, 6.07) is 2.81. The minimum absolute atomic E-state index is 0.0401. The molecule has 108 valence electrons. The van der Waals surface area contributed by atoms with E-state index in [9.17, 15) is 14.0 Å². The third-order valence-corrected chi connectivity index (χ3v) is 3.74. The van der Waals surface area contributed by atoms with Crippen LogP contribution in [0.3, 0.4) is 0 Å². The Morgan fingerprint density at radius 1 is 1.60 bits per heavy atom. The van der Waals surface area contributed by atoms with Crippen molar-refractivity contribution >= 4 is 17.6 Å². The first-order valence-corrected chi connectivity index (χ1v) is 6.59. The average molecular weight is 279 g/mol. The van der Waals surface area contributed by atoms with Gasteiger partial charge in [-0.2, -0.15) is 0 Å². The number of amides is 3. The highest BCUT2D eigenvalue weighted by Crippen LogP contribution is 2.27. The molecule has 1 heterocycles. The Morgan fingerprint density at radius 3 is 2.90 bits per heavy atom. The van der Waals surface area contributed by atoms with Gasteiger partial charge in [-0.15, -0.1) is 0 Å². The second kappa shape index (κ2) is 5.48. The standard InChI is InChI=1S/C14H18FN3O2/c1-3-8(2)12-13(19)17-11-6-10(15)5-4-9(11)7-18(12)14(16)20/h4-6,8,12H,3,7H2,1-2H3,(H2,16,20)(H,17,19)/t8-,12-/m0/s1. The molecule has 0 fully saturated rings. The molecule has 1 aromatic carbocycles. The van der Waals surface area contributed by atoms with E-state index in [1.165, 1.54) is 17.0 Å². The summed E-state index contributed by atoms with van der Waals surface area (Å²) in [6.07, 6.45) is 0.729. The normalized spacial score (nSPS) is 19.9. The molecule has 0 spiro atoms. The van der Waals surface area contributed by atoms with E-state index in [1.807, 2.05) is 13.8 Å². The minimum Gasteiger partial charge on any atom is -0.351 e. The van der Waals surface area contributed by atoms with Crippen molar-refractivity contribution in [1.29, 1.82) is 0 Å². The molecule has 6 heteroatoms. The van der Waals surface area contributed by atoms with Gasteiger partial charge in [-0.05, 0) is 23.6 Å². The molecule has 2 rings (SSSR count). The van der Waals surface area contributed by atoms with Gasteiger partial charge in [-0.25, -0.2) is 9.18 Å². The van der Waals surface area contributed by atoms with Gasteiger partial charge < -0.3 is 16.0 Å². The number of nitrogens with one attached hydrogen (secondary N) is 1. The van der Waals surface area contributed by atoms with Gasteiger partial charge in [0.05, 0.1) is 6.54 Å². The van der Waals surface area contributed by atoms with Crippen LogP contribution in [-0.2, 0) is 11.3 Å². The number of nitrogens with two attached hydrogens (primary N) is 1. The Hall–Kier alpha value is -2.11. The van der Waals surface area contributed by atoms with Gasteiger partial charge in [0, 0.05) is 5.69 Å². The van der Waals surface area contributed by atoms with Crippen LogP contribution in [-0.4, -0.2) is 22.9 Å². The quantitative estimate of drug-likeness (QED) is 0.869. The zero-order chi connectivity index (χ0) is 14.9. The van der Waals surface area contributed by atoms with Crippen LogP contribution in [0, 0.1) is 11.7 Å². The van der Waals surface area contributed by atoms with E-state index in [0.717, 1.165) is 6.42 Å². The van der Waals surface area contributed by atoms with Gasteiger partial charge in [0.1, 0.15) is 11.9 Å². The van der Waals surface area contributed by atoms with Crippen LogP contribution in [0.1, 0.15) is 25.8 Å². The largest absolute Gasteiger partial charge is 0.351 e. The van der Waals surface area contributed by atoms with Crippen LogP contribution in [0.25, 0.3) is 0 Å². The van der Waals surface area contributed by atoms with Crippen LogP contribution in [0.2, 0.25) is 0 Å². The van der Waals surface area contributed by atoms with Gasteiger partial charge in [0.2, 0.25) is 5.91 Å². The first kappa shape index (κ1) is 14.3. The molecule has 0 aromatic heterocycles. The number of halogens is 1. The number of anilines is 1. The molecule has 1 aliphatic rings. The summed E-state index contributed by atoms with van der Waals surface area (Å²) in [5.41, 5.74) is 6.47. The SMILES string of the molecule is CC[C@H](C)[C@H]1C(=O)Nc2cc(F)ccc2CN1C(N)=O. The number of carbonyl (C=O) groups is 2. The van der Waals surface area contributed by atoms with Crippen molar-refractivity contribution in [3.8, 4) is 0 Å². The molecule has 3 amide bonds. The number of hydrogen-bond donors (Lipinski definition) is 2. The summed E-state index contributed by atoms with van der Waals surface area (Å²) in [6.45, 7) is 4.02. The highest BCUT2D eigenvalue weighted by atomic mass is 19.1. The van der Waals surface area contributed by atoms with E-state index < -0.39 is 17.9 Å². The summed E-state index contributed by atoms with van der Waals surface area (Å²) in [5, 5.41) is 2.68. The van der Waals surface area contributed by atoms with Crippen LogP contribution >= 0.6 is 0 Å². The Balaban J connectivity index is 2.45. The number of rotatable bonds is 2. The van der Waals surface area contributed by atoms with Crippen LogP contribution in [0.15, 0.2) is 18.2 Å². The van der Waals surface area contributed by atoms with Crippen LogP contribution < -0.4 is 11.1 Å². The number of benzene rings is 1. The highest BCUT2D eigenvalue weighted by molar-refractivity contribution is 5.98. The van der Waals surface area contributed by atoms with E-state index in [-0.39, 0.29) is 18.4 Å². The molecule has 0 saturated heterocycles. The highest BCUT2D eigenvalue weighted by Gasteiger charge is 2.35. The zero-order valence-electron chi connectivity index (χ0n) is 11.5. The third kappa shape index (κ3) is 2.59. The van der Waals surface area contributed by atoms with Crippen molar-refractivity contribution < 1.29 is 14.0 Å². The third-order valence-electron chi connectivity index (χ3n) is 3.74. The fourth-order valence-electron chi connectivity index (χ4n) is 2.44. The Labute approximate surface area is 116 Å². The topological polar surface area (TPSA) is 75.4 Å². The molecule has 20 heavy (non-hydrogen) atoms. The van der Waals surface area contributed by atoms with Crippen molar-refractivity contribution in [2.24, 2.45) is 11.7 Å². The van der Waals surface area contributed by atoms with Crippen molar-refractivity contribution in [2.45, 2.75) is 32.9 Å². The lowest BCUT2D eigenvalue weighted by Crippen LogP contribution is -2.50. The number of carbonyl (C=O) groups excluding carboxylic acids is 2. The molecule has 3 N–H and O–H groups in total. The van der Waals surface area contributed by atoms with E-state index in [0.29, 0.717) is 11.3 Å². The number of primary amides is 1. The predicted molar refractivity (Wildman–Crippen MR) is 73.4 cm³/mol. The smallest absolute Gasteiger partial charge is 0.315 e. The molecule has 0 unspecified atom stereocenters. The van der Waals surface area contributed by atoms with E-state index >= 15 is 0 Å². The molecule has 1 aliphatic heterocycles. The van der Waals surface area contributed by atoms with E-state index in [4.69, 9.17) is 5.73 Å². The van der Waals surface area contributed by atoms with Crippen molar-refractivity contribution in [3.05, 3.63) is 29.6 Å². The molecule has 0 radical (unpaired) electrons. The van der Waals surface area contributed by atoms with Crippen molar-refractivity contribution in [3.63, 3.8) is 0 Å². The predicted octanol–water partition coefficient (Wildman–Crippen LogP) is 2.07. The number of hydrogen-bond acceptors (Lipinski definition) is 2. The summed E-state index contributed by atoms with van der Waals surface area (Å²) in [5.74, 6) is -0.805. The summed E-state index contributed by atoms with van der Waals surface area (Å²) in [4.78, 5) is 25.3. The maximum absolute atomic E-state index is 13.3. The van der Waals surface area contributed by atoms with E-state index in [1.54, 1.807) is 6.07 Å². The number of urea groups is 1.